The molecule has 0 fully saturated rings. The molecule has 136 valence electrons. The van der Waals surface area contributed by atoms with Gasteiger partial charge in [0, 0.05) is 43.3 Å². The molecule has 0 spiro atoms. The van der Waals surface area contributed by atoms with Gasteiger partial charge in [0.15, 0.2) is 11.5 Å². The van der Waals surface area contributed by atoms with Gasteiger partial charge in [-0.05, 0) is 25.5 Å². The smallest absolute Gasteiger partial charge is 0.227 e. The SMILES string of the molecule is Cc1c(-c2ccno2)noc1C(CCO)CC(=O)N(C)c1ccccc1. The zero-order valence-electron chi connectivity index (χ0n) is 14.8. The highest BCUT2D eigenvalue weighted by Crippen LogP contribution is 2.33. The summed E-state index contributed by atoms with van der Waals surface area (Å²) in [5.74, 6) is 0.753. The molecule has 0 saturated heterocycles. The maximum absolute atomic E-state index is 12.7. The minimum absolute atomic E-state index is 0.0508. The second kappa shape index (κ2) is 7.97. The Kier molecular flexibility index (Phi) is 5.48. The van der Waals surface area contributed by atoms with Crippen LogP contribution in [0.15, 0.2) is 51.6 Å². The van der Waals surface area contributed by atoms with Gasteiger partial charge in [-0.25, -0.2) is 0 Å². The van der Waals surface area contributed by atoms with Crippen LogP contribution < -0.4 is 4.90 Å². The average molecular weight is 355 g/mol. The highest BCUT2D eigenvalue weighted by atomic mass is 16.5. The van der Waals surface area contributed by atoms with Gasteiger partial charge in [0.1, 0.15) is 5.76 Å². The van der Waals surface area contributed by atoms with Crippen molar-refractivity contribution in [3.63, 3.8) is 0 Å². The molecule has 2 heterocycles. The summed E-state index contributed by atoms with van der Waals surface area (Å²) in [4.78, 5) is 14.3. The highest BCUT2D eigenvalue weighted by Gasteiger charge is 2.27. The molecule has 1 aromatic carbocycles. The Bertz CT molecular complexity index is 843. The van der Waals surface area contributed by atoms with Gasteiger partial charge < -0.3 is 19.1 Å². The molecular weight excluding hydrogens is 334 g/mol. The Morgan fingerprint density at radius 1 is 1.23 bits per heavy atom. The lowest BCUT2D eigenvalue weighted by Gasteiger charge is -2.20. The normalized spacial score (nSPS) is 12.1. The number of carbonyl (C=O) groups excluding carboxylic acids is 1. The number of hydrogen-bond acceptors (Lipinski definition) is 6. The monoisotopic (exact) mass is 355 g/mol. The maximum atomic E-state index is 12.7. The summed E-state index contributed by atoms with van der Waals surface area (Å²) < 4.78 is 10.6. The van der Waals surface area contributed by atoms with Gasteiger partial charge in [0.05, 0.1) is 6.20 Å². The van der Waals surface area contributed by atoms with Crippen molar-refractivity contribution in [2.45, 2.75) is 25.7 Å². The Hall–Kier alpha value is -2.93. The first kappa shape index (κ1) is 17.9. The quantitative estimate of drug-likeness (QED) is 0.700. The second-order valence-corrected chi connectivity index (χ2v) is 6.10. The molecule has 7 heteroatoms. The first-order chi connectivity index (χ1) is 12.6. The molecule has 26 heavy (non-hydrogen) atoms. The number of benzene rings is 1. The van der Waals surface area contributed by atoms with E-state index in [1.807, 2.05) is 37.3 Å². The van der Waals surface area contributed by atoms with E-state index in [1.54, 1.807) is 18.0 Å². The summed E-state index contributed by atoms with van der Waals surface area (Å²) in [7, 11) is 1.74. The summed E-state index contributed by atoms with van der Waals surface area (Å²) in [6, 6.07) is 11.1. The zero-order valence-corrected chi connectivity index (χ0v) is 14.8. The van der Waals surface area contributed by atoms with Crippen molar-refractivity contribution >= 4 is 11.6 Å². The second-order valence-electron chi connectivity index (χ2n) is 6.10. The first-order valence-electron chi connectivity index (χ1n) is 8.41. The molecule has 3 aromatic rings. The number of anilines is 1. The third-order valence-corrected chi connectivity index (χ3v) is 4.42. The largest absolute Gasteiger partial charge is 0.396 e. The standard InChI is InChI=1S/C19H21N3O4/c1-13-18(16-8-10-20-25-16)21-26-19(13)14(9-11-23)12-17(24)22(2)15-6-4-3-5-7-15/h3-8,10,14,23H,9,11-12H2,1-2H3. The number of aromatic nitrogens is 2. The topological polar surface area (TPSA) is 92.6 Å². The van der Waals surface area contributed by atoms with Crippen LogP contribution in [0.25, 0.3) is 11.5 Å². The van der Waals surface area contributed by atoms with Crippen LogP contribution in [0.4, 0.5) is 5.69 Å². The number of para-hydroxylation sites is 1. The summed E-state index contributed by atoms with van der Waals surface area (Å²) in [5.41, 5.74) is 2.16. The van der Waals surface area contributed by atoms with Crippen LogP contribution in [0, 0.1) is 6.92 Å². The fourth-order valence-electron chi connectivity index (χ4n) is 2.92. The van der Waals surface area contributed by atoms with Gasteiger partial charge in [-0.1, -0.05) is 28.5 Å². The third-order valence-electron chi connectivity index (χ3n) is 4.42. The van der Waals surface area contributed by atoms with E-state index in [1.165, 1.54) is 6.20 Å². The number of aliphatic hydroxyl groups is 1. The van der Waals surface area contributed by atoms with Crippen molar-refractivity contribution in [2.75, 3.05) is 18.6 Å². The number of aliphatic hydroxyl groups excluding tert-OH is 1. The van der Waals surface area contributed by atoms with E-state index in [2.05, 4.69) is 10.3 Å². The molecule has 3 rings (SSSR count). The molecule has 2 aromatic heterocycles. The van der Waals surface area contributed by atoms with Crippen molar-refractivity contribution in [1.82, 2.24) is 10.3 Å². The molecule has 1 atom stereocenters. The lowest BCUT2D eigenvalue weighted by atomic mass is 9.94. The summed E-state index contributed by atoms with van der Waals surface area (Å²) >= 11 is 0. The van der Waals surface area contributed by atoms with E-state index in [9.17, 15) is 9.90 Å². The molecule has 1 amide bonds. The minimum atomic E-state index is -0.275. The average Bonchev–Trinajstić information content (AvgIpc) is 3.31. The predicted molar refractivity (Wildman–Crippen MR) is 95.6 cm³/mol. The highest BCUT2D eigenvalue weighted by molar-refractivity contribution is 5.93. The van der Waals surface area contributed by atoms with E-state index < -0.39 is 0 Å². The van der Waals surface area contributed by atoms with Crippen LogP contribution in [0.3, 0.4) is 0 Å². The number of nitrogens with zero attached hydrogens (tertiary/aromatic N) is 3. The molecule has 1 unspecified atom stereocenters. The Balaban J connectivity index is 1.80. The number of carbonyl (C=O) groups is 1. The van der Waals surface area contributed by atoms with Crippen LogP contribution in [-0.2, 0) is 4.79 Å². The van der Waals surface area contributed by atoms with E-state index in [0.717, 1.165) is 11.3 Å². The van der Waals surface area contributed by atoms with Crippen molar-refractivity contribution in [2.24, 2.45) is 0 Å². The van der Waals surface area contributed by atoms with Gasteiger partial charge in [0.2, 0.25) is 5.91 Å². The van der Waals surface area contributed by atoms with Crippen molar-refractivity contribution in [3.05, 3.63) is 53.9 Å². The summed E-state index contributed by atoms with van der Waals surface area (Å²) in [5, 5.41) is 17.2. The van der Waals surface area contributed by atoms with Crippen molar-refractivity contribution < 1.29 is 18.9 Å². The van der Waals surface area contributed by atoms with E-state index in [4.69, 9.17) is 9.05 Å². The lowest BCUT2D eigenvalue weighted by Crippen LogP contribution is -2.28. The Morgan fingerprint density at radius 3 is 2.65 bits per heavy atom. The fraction of sp³-hybridized carbons (Fsp3) is 0.316. The summed E-state index contributed by atoms with van der Waals surface area (Å²) in [6.07, 6.45) is 2.14. The maximum Gasteiger partial charge on any atom is 0.227 e. The number of amides is 1. The van der Waals surface area contributed by atoms with Crippen LogP contribution in [-0.4, -0.2) is 35.0 Å². The van der Waals surface area contributed by atoms with Gasteiger partial charge in [-0.3, -0.25) is 4.79 Å². The molecule has 1 N–H and O–H groups in total. The predicted octanol–water partition coefficient (Wildman–Crippen LogP) is 3.16. The number of hydrogen-bond donors (Lipinski definition) is 1. The van der Waals surface area contributed by atoms with Crippen molar-refractivity contribution in [3.8, 4) is 11.5 Å². The van der Waals surface area contributed by atoms with Crippen LogP contribution in [0.2, 0.25) is 0 Å². The molecule has 0 bridgehead atoms. The van der Waals surface area contributed by atoms with Gasteiger partial charge in [0.25, 0.3) is 0 Å². The van der Waals surface area contributed by atoms with E-state index >= 15 is 0 Å². The first-order valence-corrected chi connectivity index (χ1v) is 8.41. The zero-order chi connectivity index (χ0) is 18.5. The molecular formula is C19H21N3O4. The Labute approximate surface area is 151 Å². The van der Waals surface area contributed by atoms with Crippen molar-refractivity contribution in [1.29, 1.82) is 0 Å². The van der Waals surface area contributed by atoms with Crippen LogP contribution in [0.1, 0.15) is 30.1 Å². The molecule has 0 radical (unpaired) electrons. The lowest BCUT2D eigenvalue weighted by molar-refractivity contribution is -0.118. The third kappa shape index (κ3) is 3.67. The van der Waals surface area contributed by atoms with E-state index in [-0.39, 0.29) is 24.9 Å². The summed E-state index contributed by atoms with van der Waals surface area (Å²) in [6.45, 7) is 1.81. The molecule has 0 aliphatic rings. The molecule has 0 aliphatic carbocycles. The Morgan fingerprint density at radius 2 is 2.00 bits per heavy atom. The van der Waals surface area contributed by atoms with Gasteiger partial charge >= 0.3 is 0 Å². The molecule has 0 saturated carbocycles. The van der Waals surface area contributed by atoms with E-state index in [0.29, 0.717) is 23.6 Å². The van der Waals surface area contributed by atoms with Crippen LogP contribution >= 0.6 is 0 Å². The number of rotatable bonds is 7. The van der Waals surface area contributed by atoms with Gasteiger partial charge in [-0.15, -0.1) is 0 Å². The minimum Gasteiger partial charge on any atom is -0.396 e. The van der Waals surface area contributed by atoms with Crippen LogP contribution in [0.5, 0.6) is 0 Å². The molecule has 0 aliphatic heterocycles. The van der Waals surface area contributed by atoms with Gasteiger partial charge in [-0.2, -0.15) is 0 Å². The molecule has 7 nitrogen and oxygen atoms in total. The fourth-order valence-corrected chi connectivity index (χ4v) is 2.92.